The summed E-state index contributed by atoms with van der Waals surface area (Å²) < 4.78 is 5.95. The lowest BCUT2D eigenvalue weighted by atomic mass is 9.85. The van der Waals surface area contributed by atoms with Crippen molar-refractivity contribution in [2.24, 2.45) is 5.41 Å². The molecular formula is C26H36N2O2. The molecule has 0 fully saturated rings. The number of nitrogens with zero attached hydrogens (tertiary/aromatic N) is 1. The summed E-state index contributed by atoms with van der Waals surface area (Å²) in [6, 6.07) is 1.90. The molecule has 0 amide bonds. The Morgan fingerprint density at radius 2 is 2.00 bits per heavy atom. The molecule has 0 spiro atoms. The van der Waals surface area contributed by atoms with E-state index in [2.05, 4.69) is 18.0 Å². The fraction of sp³-hybridized carbons (Fsp3) is 0.346. The molecule has 1 aromatic rings. The van der Waals surface area contributed by atoms with Crippen molar-refractivity contribution in [1.82, 2.24) is 4.98 Å². The van der Waals surface area contributed by atoms with Crippen molar-refractivity contribution < 1.29 is 9.84 Å². The standard InChI is InChI=1S/C24H30N2O2.C2H6/c1-5-10-18(11-6-2)17-28-21-14-20(16-26-23(21)25)19-12-8-9-13-24(4,15-19)22(27)7-3;1-2/h5,7-16,27H,6,17H2,1-4H3,(H2,25,26);1-2H3/b10-5-,18-11+,22-7+;. The van der Waals surface area contributed by atoms with Crippen LogP contribution in [0, 0.1) is 5.41 Å². The van der Waals surface area contributed by atoms with Gasteiger partial charge in [0.15, 0.2) is 11.6 Å². The lowest BCUT2D eigenvalue weighted by molar-refractivity contribution is 0.324. The molecule has 0 saturated heterocycles. The maximum absolute atomic E-state index is 10.3. The predicted octanol–water partition coefficient (Wildman–Crippen LogP) is 6.96. The Hall–Kier alpha value is -3.01. The topological polar surface area (TPSA) is 68.4 Å². The molecule has 1 aliphatic carbocycles. The minimum atomic E-state index is -0.584. The van der Waals surface area contributed by atoms with Crippen LogP contribution < -0.4 is 10.5 Å². The second kappa shape index (κ2) is 12.5. The van der Waals surface area contributed by atoms with Gasteiger partial charge >= 0.3 is 0 Å². The van der Waals surface area contributed by atoms with Gasteiger partial charge in [0.25, 0.3) is 0 Å². The van der Waals surface area contributed by atoms with E-state index >= 15 is 0 Å². The summed E-state index contributed by atoms with van der Waals surface area (Å²) in [5.41, 5.74) is 8.37. The number of rotatable bonds is 7. The number of anilines is 1. The summed E-state index contributed by atoms with van der Waals surface area (Å²) in [5.74, 6) is 1.20. The Kier molecular flexibility index (Phi) is 10.5. The largest absolute Gasteiger partial charge is 0.511 e. The molecule has 4 nitrogen and oxygen atoms in total. The second-order valence-corrected chi connectivity index (χ2v) is 6.86. The van der Waals surface area contributed by atoms with Crippen molar-refractivity contribution in [3.05, 3.63) is 83.8 Å². The number of aliphatic hydroxyl groups is 1. The minimum absolute atomic E-state index is 0.297. The molecule has 0 aromatic carbocycles. The van der Waals surface area contributed by atoms with E-state index < -0.39 is 5.41 Å². The van der Waals surface area contributed by atoms with Gasteiger partial charge in [-0.25, -0.2) is 4.98 Å². The zero-order chi connectivity index (χ0) is 22.6. The predicted molar refractivity (Wildman–Crippen MR) is 129 cm³/mol. The van der Waals surface area contributed by atoms with Gasteiger partial charge in [-0.15, -0.1) is 0 Å². The van der Waals surface area contributed by atoms with Crippen LogP contribution in [0.25, 0.3) is 5.57 Å². The highest BCUT2D eigenvalue weighted by molar-refractivity contribution is 5.77. The first-order chi connectivity index (χ1) is 14.4. The third-order valence-electron chi connectivity index (χ3n) is 4.57. The summed E-state index contributed by atoms with van der Waals surface area (Å²) in [4.78, 5) is 4.31. The van der Waals surface area contributed by atoms with Gasteiger partial charge < -0.3 is 15.6 Å². The molecule has 0 bridgehead atoms. The first-order valence-corrected chi connectivity index (χ1v) is 10.6. The molecule has 162 valence electrons. The highest BCUT2D eigenvalue weighted by Crippen LogP contribution is 2.35. The lowest BCUT2D eigenvalue weighted by Gasteiger charge is -2.22. The molecule has 1 aliphatic rings. The van der Waals surface area contributed by atoms with E-state index in [0.29, 0.717) is 23.9 Å². The quantitative estimate of drug-likeness (QED) is 0.378. The van der Waals surface area contributed by atoms with Gasteiger partial charge in [-0.1, -0.05) is 69.4 Å². The third kappa shape index (κ3) is 6.80. The van der Waals surface area contributed by atoms with Crippen LogP contribution in [0.1, 0.15) is 53.5 Å². The molecule has 0 saturated carbocycles. The Bertz CT molecular complexity index is 873. The normalized spacial score (nSPS) is 19.2. The summed E-state index contributed by atoms with van der Waals surface area (Å²) in [5, 5.41) is 10.3. The molecule has 3 N–H and O–H groups in total. The maximum atomic E-state index is 10.3. The van der Waals surface area contributed by atoms with Crippen LogP contribution in [-0.4, -0.2) is 16.7 Å². The van der Waals surface area contributed by atoms with Gasteiger partial charge in [0.05, 0.1) is 5.41 Å². The number of aliphatic hydroxyl groups excluding tert-OH is 1. The number of hydrogen-bond donors (Lipinski definition) is 2. The van der Waals surface area contributed by atoms with Gasteiger partial charge in [0, 0.05) is 11.8 Å². The third-order valence-corrected chi connectivity index (χ3v) is 4.57. The van der Waals surface area contributed by atoms with Crippen LogP contribution in [0.15, 0.2) is 78.3 Å². The van der Waals surface area contributed by atoms with Gasteiger partial charge in [0.1, 0.15) is 12.4 Å². The van der Waals surface area contributed by atoms with Crippen molar-refractivity contribution in [3.63, 3.8) is 0 Å². The molecule has 1 heterocycles. The Labute approximate surface area is 181 Å². The number of aromatic nitrogens is 1. The average Bonchev–Trinajstić information content (AvgIpc) is 2.96. The van der Waals surface area contributed by atoms with E-state index in [4.69, 9.17) is 10.5 Å². The van der Waals surface area contributed by atoms with Gasteiger partial charge in [-0.05, 0) is 50.5 Å². The van der Waals surface area contributed by atoms with Gasteiger partial charge in [-0.3, -0.25) is 0 Å². The lowest BCUT2D eigenvalue weighted by Crippen LogP contribution is -2.13. The average molecular weight is 409 g/mol. The zero-order valence-electron chi connectivity index (χ0n) is 19.1. The van der Waals surface area contributed by atoms with Crippen molar-refractivity contribution in [2.45, 2.75) is 48.0 Å². The first kappa shape index (κ1) is 25.0. The second-order valence-electron chi connectivity index (χ2n) is 6.86. The van der Waals surface area contributed by atoms with E-state index in [-0.39, 0.29) is 0 Å². The van der Waals surface area contributed by atoms with Gasteiger partial charge in [-0.2, -0.15) is 0 Å². The Morgan fingerprint density at radius 3 is 2.63 bits per heavy atom. The first-order valence-electron chi connectivity index (χ1n) is 10.6. The minimum Gasteiger partial charge on any atom is -0.511 e. The molecule has 1 aromatic heterocycles. The Balaban J connectivity index is 0.00000218. The van der Waals surface area contributed by atoms with Crippen LogP contribution in [0.5, 0.6) is 5.75 Å². The number of hydrogen-bond acceptors (Lipinski definition) is 4. The van der Waals surface area contributed by atoms with Crippen molar-refractivity contribution in [1.29, 1.82) is 0 Å². The monoisotopic (exact) mass is 408 g/mol. The van der Waals surface area contributed by atoms with Crippen molar-refractivity contribution >= 4 is 11.4 Å². The van der Waals surface area contributed by atoms with Crippen LogP contribution in [0.2, 0.25) is 0 Å². The molecular weight excluding hydrogens is 372 g/mol. The molecule has 4 heteroatoms. The van der Waals surface area contributed by atoms with E-state index in [1.807, 2.05) is 83.2 Å². The number of ether oxygens (including phenoxy) is 1. The summed E-state index contributed by atoms with van der Waals surface area (Å²) in [7, 11) is 0. The van der Waals surface area contributed by atoms with Crippen molar-refractivity contribution in [2.75, 3.05) is 12.3 Å². The molecule has 30 heavy (non-hydrogen) atoms. The smallest absolute Gasteiger partial charge is 0.166 e. The zero-order valence-corrected chi connectivity index (χ0v) is 19.1. The maximum Gasteiger partial charge on any atom is 0.166 e. The van der Waals surface area contributed by atoms with E-state index in [1.54, 1.807) is 12.3 Å². The van der Waals surface area contributed by atoms with Crippen LogP contribution in [-0.2, 0) is 0 Å². The van der Waals surface area contributed by atoms with E-state index in [9.17, 15) is 5.11 Å². The number of nitrogen functional groups attached to an aromatic ring is 1. The number of nitrogens with two attached hydrogens (primary N) is 1. The fourth-order valence-corrected chi connectivity index (χ4v) is 3.02. The molecule has 2 rings (SSSR count). The van der Waals surface area contributed by atoms with E-state index in [1.165, 1.54) is 0 Å². The summed E-state index contributed by atoms with van der Waals surface area (Å²) in [6.45, 7) is 12.3. The summed E-state index contributed by atoms with van der Waals surface area (Å²) in [6.07, 6.45) is 20.4. The Morgan fingerprint density at radius 1 is 1.27 bits per heavy atom. The van der Waals surface area contributed by atoms with Crippen LogP contribution in [0.4, 0.5) is 5.82 Å². The van der Waals surface area contributed by atoms with E-state index in [0.717, 1.165) is 23.1 Å². The highest BCUT2D eigenvalue weighted by Gasteiger charge is 2.24. The van der Waals surface area contributed by atoms with Crippen LogP contribution >= 0.6 is 0 Å². The number of pyridine rings is 1. The summed E-state index contributed by atoms with van der Waals surface area (Å²) >= 11 is 0. The SMILES string of the molecule is C/C=C\C(=C/CC)COc1cc(C2=CC(C)(/C(O)=C\C)C=CC=C2)cnc1N.CC. The molecule has 1 unspecified atom stereocenters. The molecule has 1 atom stereocenters. The highest BCUT2D eigenvalue weighted by atomic mass is 16.5. The molecule has 0 aliphatic heterocycles. The van der Waals surface area contributed by atoms with Crippen LogP contribution in [0.3, 0.4) is 0 Å². The molecule has 0 radical (unpaired) electrons. The fourth-order valence-electron chi connectivity index (χ4n) is 3.02. The number of allylic oxidation sites excluding steroid dienone is 8. The van der Waals surface area contributed by atoms with Crippen molar-refractivity contribution in [3.8, 4) is 5.75 Å². The van der Waals surface area contributed by atoms with Gasteiger partial charge in [0.2, 0.25) is 0 Å².